The van der Waals surface area contributed by atoms with Gasteiger partial charge in [-0.25, -0.2) is 0 Å². The molecule has 0 saturated heterocycles. The molecule has 0 aromatic heterocycles. The zero-order chi connectivity index (χ0) is 14.3. The lowest BCUT2D eigenvalue weighted by atomic mass is 10.00. The summed E-state index contributed by atoms with van der Waals surface area (Å²) in [5.74, 6) is 0.623. The highest BCUT2D eigenvalue weighted by Gasteiger charge is 2.10. The number of rotatable bonds is 7. The van der Waals surface area contributed by atoms with Crippen molar-refractivity contribution in [2.24, 2.45) is 0 Å². The fourth-order valence-electron chi connectivity index (χ4n) is 1.87. The van der Waals surface area contributed by atoms with E-state index in [0.29, 0.717) is 25.7 Å². The lowest BCUT2D eigenvalue weighted by Crippen LogP contribution is -2.04. The van der Waals surface area contributed by atoms with Crippen molar-refractivity contribution in [2.75, 3.05) is 14.2 Å². The number of hydrogen-bond acceptors (Lipinski definition) is 4. The van der Waals surface area contributed by atoms with Gasteiger partial charge in [0, 0.05) is 18.4 Å². The van der Waals surface area contributed by atoms with Crippen molar-refractivity contribution in [1.82, 2.24) is 0 Å². The smallest absolute Gasteiger partial charge is 0.305 e. The molecular formula is C15H20O4. The summed E-state index contributed by atoms with van der Waals surface area (Å²) >= 11 is 0. The number of methoxy groups -OCH3 is 2. The Kier molecular flexibility index (Phi) is 6.06. The first-order chi connectivity index (χ1) is 9.08. The highest BCUT2D eigenvalue weighted by Crippen LogP contribution is 2.19. The predicted molar refractivity (Wildman–Crippen MR) is 72.5 cm³/mol. The number of benzene rings is 1. The molecule has 4 heteroatoms. The van der Waals surface area contributed by atoms with E-state index >= 15 is 0 Å². The molecule has 0 fully saturated rings. The number of carbonyl (C=O) groups excluding carboxylic acids is 2. The molecule has 0 N–H and O–H groups in total. The number of hydrogen-bond donors (Lipinski definition) is 0. The molecule has 0 spiro atoms. The summed E-state index contributed by atoms with van der Waals surface area (Å²) in [6.45, 7) is 1.89. The van der Waals surface area contributed by atoms with Crippen LogP contribution in [0.1, 0.15) is 41.6 Å². The van der Waals surface area contributed by atoms with Gasteiger partial charge in [0.2, 0.25) is 0 Å². The van der Waals surface area contributed by atoms with E-state index < -0.39 is 0 Å². The highest BCUT2D eigenvalue weighted by atomic mass is 16.5. The maximum absolute atomic E-state index is 12.0. The molecule has 104 valence electrons. The molecule has 0 unspecified atom stereocenters. The number of ketones is 1. The lowest BCUT2D eigenvalue weighted by Gasteiger charge is -2.07. The Morgan fingerprint density at radius 1 is 1.11 bits per heavy atom. The van der Waals surface area contributed by atoms with E-state index in [1.165, 1.54) is 7.11 Å². The number of aryl methyl sites for hydroxylation is 1. The molecule has 1 rings (SSSR count). The van der Waals surface area contributed by atoms with Crippen LogP contribution in [0.15, 0.2) is 18.2 Å². The molecule has 0 bridgehead atoms. The van der Waals surface area contributed by atoms with Gasteiger partial charge in [-0.3, -0.25) is 9.59 Å². The maximum Gasteiger partial charge on any atom is 0.305 e. The van der Waals surface area contributed by atoms with Gasteiger partial charge in [-0.2, -0.15) is 0 Å². The standard InChI is InChI=1S/C15H20O4/c1-11-10-12(18-2)8-9-13(11)14(16)6-4-5-7-15(17)19-3/h8-10H,4-7H2,1-3H3. The molecule has 0 aliphatic rings. The van der Waals surface area contributed by atoms with Crippen LogP contribution >= 0.6 is 0 Å². The van der Waals surface area contributed by atoms with Gasteiger partial charge >= 0.3 is 5.97 Å². The van der Waals surface area contributed by atoms with Crippen LogP contribution in [0.25, 0.3) is 0 Å². The summed E-state index contributed by atoms with van der Waals surface area (Å²) < 4.78 is 9.65. The Bertz CT molecular complexity index is 451. The Hall–Kier alpha value is -1.84. The quantitative estimate of drug-likeness (QED) is 0.431. The first kappa shape index (κ1) is 15.2. The number of Topliss-reactive ketones (excluding diaryl/α,β-unsaturated/α-hetero) is 1. The topological polar surface area (TPSA) is 52.6 Å². The largest absolute Gasteiger partial charge is 0.497 e. The SMILES string of the molecule is COC(=O)CCCCC(=O)c1ccc(OC)cc1C. The summed E-state index contributed by atoms with van der Waals surface area (Å²) in [4.78, 5) is 23.0. The predicted octanol–water partition coefficient (Wildman–Crippen LogP) is 2.92. The molecular weight excluding hydrogens is 244 g/mol. The molecule has 0 amide bonds. The van der Waals surface area contributed by atoms with Crippen molar-refractivity contribution in [2.45, 2.75) is 32.6 Å². The zero-order valence-electron chi connectivity index (χ0n) is 11.7. The van der Waals surface area contributed by atoms with E-state index in [-0.39, 0.29) is 11.8 Å². The highest BCUT2D eigenvalue weighted by molar-refractivity contribution is 5.97. The Morgan fingerprint density at radius 3 is 2.37 bits per heavy atom. The summed E-state index contributed by atoms with van der Waals surface area (Å²) in [7, 11) is 2.97. The third kappa shape index (κ3) is 4.73. The second-order valence-electron chi connectivity index (χ2n) is 4.39. The van der Waals surface area contributed by atoms with Gasteiger partial charge in [-0.15, -0.1) is 0 Å². The minimum Gasteiger partial charge on any atom is -0.497 e. The van der Waals surface area contributed by atoms with Gasteiger partial charge in [-0.05, 0) is 43.5 Å². The molecule has 1 aromatic rings. The summed E-state index contributed by atoms with van der Waals surface area (Å²) in [6, 6.07) is 5.42. The third-order valence-corrected chi connectivity index (χ3v) is 3.00. The first-order valence-corrected chi connectivity index (χ1v) is 6.33. The van der Waals surface area contributed by atoms with Gasteiger partial charge in [0.05, 0.1) is 14.2 Å². The Labute approximate surface area is 113 Å². The van der Waals surface area contributed by atoms with E-state index in [2.05, 4.69) is 4.74 Å². The Morgan fingerprint density at radius 2 is 1.79 bits per heavy atom. The van der Waals surface area contributed by atoms with E-state index in [4.69, 9.17) is 4.74 Å². The van der Waals surface area contributed by atoms with Crippen molar-refractivity contribution in [3.05, 3.63) is 29.3 Å². The minimum absolute atomic E-state index is 0.102. The molecule has 0 atom stereocenters. The van der Waals surface area contributed by atoms with Crippen LogP contribution in [0.5, 0.6) is 5.75 Å². The molecule has 4 nitrogen and oxygen atoms in total. The van der Waals surface area contributed by atoms with Gasteiger partial charge in [0.25, 0.3) is 0 Å². The van der Waals surface area contributed by atoms with Crippen LogP contribution < -0.4 is 4.74 Å². The fourth-order valence-corrected chi connectivity index (χ4v) is 1.87. The maximum atomic E-state index is 12.0. The Balaban J connectivity index is 2.47. The molecule has 0 aliphatic carbocycles. The van der Waals surface area contributed by atoms with Gasteiger partial charge in [0.15, 0.2) is 5.78 Å². The normalized spacial score (nSPS) is 10.1. The van der Waals surface area contributed by atoms with Crippen molar-refractivity contribution < 1.29 is 19.1 Å². The van der Waals surface area contributed by atoms with E-state index in [9.17, 15) is 9.59 Å². The van der Waals surface area contributed by atoms with Crippen molar-refractivity contribution in [3.8, 4) is 5.75 Å². The number of ether oxygens (including phenoxy) is 2. The summed E-state index contributed by atoms with van der Waals surface area (Å²) in [5, 5.41) is 0. The van der Waals surface area contributed by atoms with Crippen LogP contribution in [0.3, 0.4) is 0 Å². The second kappa shape index (κ2) is 7.56. The zero-order valence-corrected chi connectivity index (χ0v) is 11.7. The molecule has 19 heavy (non-hydrogen) atoms. The van der Waals surface area contributed by atoms with Gasteiger partial charge < -0.3 is 9.47 Å². The third-order valence-electron chi connectivity index (χ3n) is 3.00. The van der Waals surface area contributed by atoms with Crippen LogP contribution in [-0.4, -0.2) is 26.0 Å². The monoisotopic (exact) mass is 264 g/mol. The van der Waals surface area contributed by atoms with E-state index in [0.717, 1.165) is 16.9 Å². The van der Waals surface area contributed by atoms with E-state index in [1.54, 1.807) is 19.2 Å². The van der Waals surface area contributed by atoms with Crippen LogP contribution in [0.4, 0.5) is 0 Å². The van der Waals surface area contributed by atoms with Crippen molar-refractivity contribution in [1.29, 1.82) is 0 Å². The molecule has 0 radical (unpaired) electrons. The molecule has 0 saturated carbocycles. The van der Waals surface area contributed by atoms with Gasteiger partial charge in [0.1, 0.15) is 5.75 Å². The minimum atomic E-state index is -0.229. The van der Waals surface area contributed by atoms with Crippen LogP contribution in [0, 0.1) is 6.92 Å². The number of unbranched alkanes of at least 4 members (excludes halogenated alkanes) is 1. The summed E-state index contributed by atoms with van der Waals surface area (Å²) in [5.41, 5.74) is 1.64. The van der Waals surface area contributed by atoms with Crippen molar-refractivity contribution in [3.63, 3.8) is 0 Å². The number of esters is 1. The average Bonchev–Trinajstić information content (AvgIpc) is 2.42. The molecule has 0 aliphatic heterocycles. The fraction of sp³-hybridized carbons (Fsp3) is 0.467. The lowest BCUT2D eigenvalue weighted by molar-refractivity contribution is -0.140. The molecule has 1 aromatic carbocycles. The molecule has 0 heterocycles. The second-order valence-corrected chi connectivity index (χ2v) is 4.39. The van der Waals surface area contributed by atoms with E-state index in [1.807, 2.05) is 13.0 Å². The van der Waals surface area contributed by atoms with Gasteiger partial charge in [-0.1, -0.05) is 0 Å². The summed E-state index contributed by atoms with van der Waals surface area (Å²) in [6.07, 6.45) is 2.18. The van der Waals surface area contributed by atoms with Crippen LogP contribution in [-0.2, 0) is 9.53 Å². The number of carbonyl (C=O) groups is 2. The average molecular weight is 264 g/mol. The van der Waals surface area contributed by atoms with Crippen LogP contribution in [0.2, 0.25) is 0 Å². The van der Waals surface area contributed by atoms with Crippen molar-refractivity contribution >= 4 is 11.8 Å². The first-order valence-electron chi connectivity index (χ1n) is 6.33.